The lowest BCUT2D eigenvalue weighted by molar-refractivity contribution is -0.121. The lowest BCUT2D eigenvalue weighted by atomic mass is 10.0. The van der Waals surface area contributed by atoms with Crippen molar-refractivity contribution in [1.29, 1.82) is 0 Å². The number of piperidine rings is 1. The maximum absolute atomic E-state index is 12.0. The van der Waals surface area contributed by atoms with Crippen LogP contribution in [0.5, 0.6) is 0 Å². The first-order valence-corrected chi connectivity index (χ1v) is 10.5. The second-order valence-electron chi connectivity index (χ2n) is 6.57. The molecular weight excluding hydrogens is 342 g/mol. The molecule has 1 aromatic rings. The van der Waals surface area contributed by atoms with Crippen molar-refractivity contribution in [2.75, 3.05) is 19.3 Å². The van der Waals surface area contributed by atoms with E-state index >= 15 is 0 Å². The molecule has 1 aliphatic rings. The van der Waals surface area contributed by atoms with Crippen LogP contribution < -0.4 is 10.9 Å². The number of hydrogen-bond acceptors (Lipinski definition) is 4. The Bertz CT molecular complexity index is 757. The molecule has 0 saturated carbocycles. The smallest absolute Gasteiger partial charge is 0.250 e. The summed E-state index contributed by atoms with van der Waals surface area (Å²) in [6, 6.07) is 4.98. The van der Waals surface area contributed by atoms with E-state index in [1.54, 1.807) is 14.9 Å². The van der Waals surface area contributed by atoms with Gasteiger partial charge in [0.25, 0.3) is 5.56 Å². The normalized spacial score (nSPS) is 18.9. The second-order valence-corrected chi connectivity index (χ2v) is 8.50. The van der Waals surface area contributed by atoms with E-state index in [0.29, 0.717) is 26.1 Å². The lowest BCUT2D eigenvalue weighted by Crippen LogP contribution is -2.44. The number of aromatic nitrogens is 1. The van der Waals surface area contributed by atoms with Crippen LogP contribution in [-0.2, 0) is 21.4 Å². The molecule has 1 fully saturated rings. The summed E-state index contributed by atoms with van der Waals surface area (Å²) in [5, 5.41) is 2.84. The Morgan fingerprint density at radius 2 is 2.08 bits per heavy atom. The minimum absolute atomic E-state index is 0.0389. The van der Waals surface area contributed by atoms with Crippen molar-refractivity contribution in [3.05, 3.63) is 34.2 Å². The van der Waals surface area contributed by atoms with Crippen LogP contribution in [0.15, 0.2) is 23.0 Å². The molecule has 8 heteroatoms. The Morgan fingerprint density at radius 3 is 2.76 bits per heavy atom. The van der Waals surface area contributed by atoms with Gasteiger partial charge in [0.1, 0.15) is 0 Å². The molecule has 7 nitrogen and oxygen atoms in total. The summed E-state index contributed by atoms with van der Waals surface area (Å²) in [5.41, 5.74) is 0.713. The van der Waals surface area contributed by atoms with E-state index in [9.17, 15) is 18.0 Å². The van der Waals surface area contributed by atoms with Crippen molar-refractivity contribution in [2.24, 2.45) is 0 Å². The summed E-state index contributed by atoms with van der Waals surface area (Å²) in [6.45, 7) is 3.18. The quantitative estimate of drug-likeness (QED) is 0.772. The first-order chi connectivity index (χ1) is 11.8. The van der Waals surface area contributed by atoms with Crippen LogP contribution >= 0.6 is 0 Å². The fourth-order valence-electron chi connectivity index (χ4n) is 3.29. The van der Waals surface area contributed by atoms with E-state index < -0.39 is 10.0 Å². The fourth-order valence-corrected chi connectivity index (χ4v) is 4.50. The van der Waals surface area contributed by atoms with Crippen LogP contribution in [0.1, 0.15) is 37.8 Å². The topological polar surface area (TPSA) is 88.5 Å². The monoisotopic (exact) mass is 369 g/mol. The summed E-state index contributed by atoms with van der Waals surface area (Å²) in [5.74, 6) is -0.128. The zero-order valence-corrected chi connectivity index (χ0v) is 15.7. The molecule has 0 radical (unpaired) electrons. The molecule has 25 heavy (non-hydrogen) atoms. The first kappa shape index (κ1) is 19.7. The van der Waals surface area contributed by atoms with Gasteiger partial charge in [-0.3, -0.25) is 9.59 Å². The Kier molecular flexibility index (Phi) is 6.78. The predicted molar refractivity (Wildman–Crippen MR) is 96.9 cm³/mol. The Balaban J connectivity index is 1.79. The Labute approximate surface area is 149 Å². The van der Waals surface area contributed by atoms with Crippen LogP contribution in [0, 0.1) is 6.92 Å². The van der Waals surface area contributed by atoms with Crippen LogP contribution in [0.2, 0.25) is 0 Å². The lowest BCUT2D eigenvalue weighted by Gasteiger charge is -2.33. The largest absolute Gasteiger partial charge is 0.356 e. The first-order valence-electron chi connectivity index (χ1n) is 8.69. The van der Waals surface area contributed by atoms with Gasteiger partial charge in [0.2, 0.25) is 15.9 Å². The molecule has 1 unspecified atom stereocenters. The van der Waals surface area contributed by atoms with E-state index in [2.05, 4.69) is 5.32 Å². The predicted octanol–water partition coefficient (Wildman–Crippen LogP) is 0.867. The number of rotatable bonds is 7. The van der Waals surface area contributed by atoms with Gasteiger partial charge in [-0.2, -0.15) is 4.31 Å². The van der Waals surface area contributed by atoms with E-state index in [0.717, 1.165) is 25.0 Å². The number of nitrogens with one attached hydrogen (secondary N) is 1. The zero-order chi connectivity index (χ0) is 18.4. The van der Waals surface area contributed by atoms with Crippen molar-refractivity contribution in [3.8, 4) is 0 Å². The number of nitrogens with zero attached hydrogens (tertiary/aromatic N) is 2. The molecule has 2 rings (SSSR count). The van der Waals surface area contributed by atoms with Crippen molar-refractivity contribution in [2.45, 2.75) is 51.6 Å². The molecule has 2 heterocycles. The van der Waals surface area contributed by atoms with Gasteiger partial charge >= 0.3 is 0 Å². The van der Waals surface area contributed by atoms with Gasteiger partial charge in [0, 0.05) is 43.9 Å². The van der Waals surface area contributed by atoms with Gasteiger partial charge in [-0.15, -0.1) is 0 Å². The molecule has 1 amide bonds. The van der Waals surface area contributed by atoms with Crippen LogP contribution in [0.25, 0.3) is 0 Å². The molecule has 0 bridgehead atoms. The van der Waals surface area contributed by atoms with Gasteiger partial charge in [0.15, 0.2) is 0 Å². The van der Waals surface area contributed by atoms with E-state index in [1.807, 2.05) is 13.0 Å². The highest BCUT2D eigenvalue weighted by Gasteiger charge is 2.28. The van der Waals surface area contributed by atoms with E-state index in [4.69, 9.17) is 0 Å². The second kappa shape index (κ2) is 8.62. The van der Waals surface area contributed by atoms with Gasteiger partial charge in [-0.1, -0.05) is 12.5 Å². The summed E-state index contributed by atoms with van der Waals surface area (Å²) in [6.07, 6.45) is 4.82. The summed E-state index contributed by atoms with van der Waals surface area (Å²) in [4.78, 5) is 23.8. The SMILES string of the molecule is Cc1cccc(=O)n1CCC(=O)NCCC1CCCCN1S(C)(=O)=O. The number of amides is 1. The zero-order valence-electron chi connectivity index (χ0n) is 14.9. The number of hydrogen-bond donors (Lipinski definition) is 1. The number of carbonyl (C=O) groups is 1. The Hall–Kier alpha value is -1.67. The van der Waals surface area contributed by atoms with Crippen LogP contribution in [-0.4, -0.2) is 48.6 Å². The number of sulfonamides is 1. The third kappa shape index (κ3) is 5.67. The molecule has 0 aliphatic carbocycles. The highest BCUT2D eigenvalue weighted by Crippen LogP contribution is 2.21. The van der Waals surface area contributed by atoms with Crippen molar-refractivity contribution < 1.29 is 13.2 Å². The van der Waals surface area contributed by atoms with Crippen molar-refractivity contribution >= 4 is 15.9 Å². The van der Waals surface area contributed by atoms with Crippen LogP contribution in [0.3, 0.4) is 0 Å². The molecule has 1 aromatic heterocycles. The molecule has 140 valence electrons. The molecule has 1 aliphatic heterocycles. The van der Waals surface area contributed by atoms with E-state index in [1.165, 1.54) is 12.3 Å². The number of pyridine rings is 1. The molecule has 1 N–H and O–H groups in total. The molecule has 0 aromatic carbocycles. The van der Waals surface area contributed by atoms with Gasteiger partial charge in [0.05, 0.1) is 6.26 Å². The van der Waals surface area contributed by atoms with Gasteiger partial charge in [-0.05, 0) is 32.3 Å². The third-order valence-electron chi connectivity index (χ3n) is 4.63. The molecular formula is C17H27N3O4S. The number of aryl methyl sites for hydroxylation is 1. The van der Waals surface area contributed by atoms with Gasteiger partial charge in [-0.25, -0.2) is 8.42 Å². The average molecular weight is 369 g/mol. The Morgan fingerprint density at radius 1 is 1.32 bits per heavy atom. The third-order valence-corrected chi connectivity index (χ3v) is 5.96. The molecule has 1 atom stereocenters. The maximum atomic E-state index is 12.0. The average Bonchev–Trinajstić information content (AvgIpc) is 2.54. The number of carbonyl (C=O) groups excluding carboxylic acids is 1. The van der Waals surface area contributed by atoms with E-state index in [-0.39, 0.29) is 23.9 Å². The minimum Gasteiger partial charge on any atom is -0.356 e. The highest BCUT2D eigenvalue weighted by atomic mass is 32.2. The highest BCUT2D eigenvalue weighted by molar-refractivity contribution is 7.88. The standard InChI is InChI=1S/C17H27N3O4S/c1-14-6-5-8-17(22)19(14)13-10-16(21)18-11-9-15-7-3-4-12-20(15)25(2,23)24/h5-6,8,15H,3-4,7,9-13H2,1-2H3,(H,18,21). The summed E-state index contributed by atoms with van der Waals surface area (Å²) < 4.78 is 26.8. The maximum Gasteiger partial charge on any atom is 0.250 e. The molecule has 0 spiro atoms. The fraction of sp³-hybridized carbons (Fsp3) is 0.647. The van der Waals surface area contributed by atoms with Crippen molar-refractivity contribution in [1.82, 2.24) is 14.2 Å². The van der Waals surface area contributed by atoms with Gasteiger partial charge < -0.3 is 9.88 Å². The van der Waals surface area contributed by atoms with Crippen LogP contribution in [0.4, 0.5) is 0 Å². The molecule has 1 saturated heterocycles. The summed E-state index contributed by atoms with van der Waals surface area (Å²) >= 11 is 0. The summed E-state index contributed by atoms with van der Waals surface area (Å²) in [7, 11) is -3.20. The minimum atomic E-state index is -3.20. The van der Waals surface area contributed by atoms with Crippen molar-refractivity contribution in [3.63, 3.8) is 0 Å².